The van der Waals surface area contributed by atoms with E-state index in [0.29, 0.717) is 18.0 Å². The SMILES string of the molecule is Cc1cc(=O)[nH]c(=O)n1C(CC1CCCCC1)C(=O)Nc1ccc(C(=O)O)cn1. The first-order valence-electron chi connectivity index (χ1n) is 9.68. The molecule has 9 heteroatoms. The van der Waals surface area contributed by atoms with Crippen LogP contribution in [0, 0.1) is 12.8 Å². The van der Waals surface area contributed by atoms with Gasteiger partial charge in [-0.1, -0.05) is 32.1 Å². The first kappa shape index (κ1) is 20.5. The van der Waals surface area contributed by atoms with Crippen LogP contribution in [0.1, 0.15) is 60.6 Å². The molecule has 9 nitrogen and oxygen atoms in total. The number of nitrogens with zero attached hydrogens (tertiary/aromatic N) is 2. The number of carbonyl (C=O) groups excluding carboxylic acids is 1. The molecule has 154 valence electrons. The summed E-state index contributed by atoms with van der Waals surface area (Å²) in [5.74, 6) is -1.03. The standard InChI is InChI=1S/C20H24N4O5/c1-12-9-17(25)23-20(29)24(12)15(10-13-5-3-2-4-6-13)18(26)22-16-8-7-14(11-21-16)19(27)28/h7-9,11,13,15H,2-6,10H2,1H3,(H,27,28)(H,21,22,26)(H,23,25,29). The molecule has 0 saturated heterocycles. The zero-order chi connectivity index (χ0) is 21.0. The Labute approximate surface area is 166 Å². The predicted octanol–water partition coefficient (Wildman–Crippen LogP) is 2.09. The quantitative estimate of drug-likeness (QED) is 0.680. The number of aromatic carboxylic acids is 1. The molecule has 1 atom stereocenters. The summed E-state index contributed by atoms with van der Waals surface area (Å²) >= 11 is 0. The zero-order valence-corrected chi connectivity index (χ0v) is 16.2. The van der Waals surface area contributed by atoms with Crippen LogP contribution >= 0.6 is 0 Å². The van der Waals surface area contributed by atoms with Crippen LogP contribution in [0.5, 0.6) is 0 Å². The van der Waals surface area contributed by atoms with Crippen molar-refractivity contribution in [2.75, 3.05) is 5.32 Å². The summed E-state index contributed by atoms with van der Waals surface area (Å²) in [6.07, 6.45) is 6.98. The highest BCUT2D eigenvalue weighted by Gasteiger charge is 2.28. The number of hydrogen-bond donors (Lipinski definition) is 3. The molecule has 1 unspecified atom stereocenters. The molecule has 0 aliphatic heterocycles. The van der Waals surface area contributed by atoms with Gasteiger partial charge < -0.3 is 10.4 Å². The largest absolute Gasteiger partial charge is 0.478 e. The van der Waals surface area contributed by atoms with Crippen LogP contribution in [0.4, 0.5) is 5.82 Å². The van der Waals surface area contributed by atoms with E-state index in [9.17, 15) is 19.2 Å². The fraction of sp³-hybridized carbons (Fsp3) is 0.450. The van der Waals surface area contributed by atoms with Gasteiger partial charge in [0, 0.05) is 18.0 Å². The Kier molecular flexibility index (Phi) is 6.26. The molecule has 0 radical (unpaired) electrons. The number of carboxylic acid groups (broad SMARTS) is 1. The molecule has 1 aliphatic rings. The topological polar surface area (TPSA) is 134 Å². The van der Waals surface area contributed by atoms with Crippen LogP contribution in [0.15, 0.2) is 34.0 Å². The van der Waals surface area contributed by atoms with Gasteiger partial charge in [-0.2, -0.15) is 0 Å². The lowest BCUT2D eigenvalue weighted by Gasteiger charge is -2.27. The molecule has 1 saturated carbocycles. The smallest absolute Gasteiger partial charge is 0.337 e. The van der Waals surface area contributed by atoms with Gasteiger partial charge in [-0.25, -0.2) is 14.6 Å². The van der Waals surface area contributed by atoms with Crippen LogP contribution in [0.25, 0.3) is 0 Å². The molecule has 2 aromatic heterocycles. The van der Waals surface area contributed by atoms with Crippen LogP contribution in [-0.4, -0.2) is 31.5 Å². The first-order valence-corrected chi connectivity index (χ1v) is 9.68. The van der Waals surface area contributed by atoms with Crippen molar-refractivity contribution in [1.82, 2.24) is 14.5 Å². The minimum atomic E-state index is -1.11. The Morgan fingerprint density at radius 3 is 2.59 bits per heavy atom. The summed E-state index contributed by atoms with van der Waals surface area (Å²) < 4.78 is 1.32. The van der Waals surface area contributed by atoms with Crippen molar-refractivity contribution in [1.29, 1.82) is 0 Å². The maximum atomic E-state index is 13.1. The minimum Gasteiger partial charge on any atom is -0.478 e. The Morgan fingerprint density at radius 1 is 1.28 bits per heavy atom. The molecule has 1 aliphatic carbocycles. The van der Waals surface area contributed by atoms with E-state index in [1.165, 1.54) is 29.2 Å². The van der Waals surface area contributed by atoms with Crippen molar-refractivity contribution < 1.29 is 14.7 Å². The third kappa shape index (κ3) is 4.98. The Balaban J connectivity index is 1.89. The molecule has 29 heavy (non-hydrogen) atoms. The second kappa shape index (κ2) is 8.85. The van der Waals surface area contributed by atoms with Crippen molar-refractivity contribution >= 4 is 17.7 Å². The van der Waals surface area contributed by atoms with Gasteiger partial charge in [0.25, 0.3) is 5.56 Å². The first-order chi connectivity index (χ1) is 13.8. The lowest BCUT2D eigenvalue weighted by molar-refractivity contribution is -0.120. The number of nitrogens with one attached hydrogen (secondary N) is 2. The third-order valence-electron chi connectivity index (χ3n) is 5.33. The summed E-state index contributed by atoms with van der Waals surface area (Å²) in [5, 5.41) is 11.6. The summed E-state index contributed by atoms with van der Waals surface area (Å²) in [6.45, 7) is 1.62. The van der Waals surface area contributed by atoms with Crippen LogP contribution in [-0.2, 0) is 4.79 Å². The van der Waals surface area contributed by atoms with E-state index in [1.807, 2.05) is 0 Å². The maximum Gasteiger partial charge on any atom is 0.337 e. The van der Waals surface area contributed by atoms with E-state index in [2.05, 4.69) is 15.3 Å². The second-order valence-corrected chi connectivity index (χ2v) is 7.43. The summed E-state index contributed by atoms with van der Waals surface area (Å²) in [5.41, 5.74) is -0.718. The van der Waals surface area contributed by atoms with Gasteiger partial charge in [0.1, 0.15) is 11.9 Å². The highest BCUT2D eigenvalue weighted by Crippen LogP contribution is 2.31. The van der Waals surface area contributed by atoms with Gasteiger partial charge in [-0.3, -0.25) is 19.1 Å². The minimum absolute atomic E-state index is 0.00875. The van der Waals surface area contributed by atoms with Gasteiger partial charge in [0.2, 0.25) is 5.91 Å². The average Bonchev–Trinajstić information content (AvgIpc) is 2.67. The molecule has 1 fully saturated rings. The Bertz CT molecular complexity index is 1000. The number of anilines is 1. The normalized spacial score (nSPS) is 15.6. The highest BCUT2D eigenvalue weighted by atomic mass is 16.4. The van der Waals surface area contributed by atoms with E-state index in [1.54, 1.807) is 6.92 Å². The van der Waals surface area contributed by atoms with Gasteiger partial charge >= 0.3 is 11.7 Å². The lowest BCUT2D eigenvalue weighted by Crippen LogP contribution is -2.39. The predicted molar refractivity (Wildman–Crippen MR) is 106 cm³/mol. The van der Waals surface area contributed by atoms with Gasteiger partial charge in [-0.05, 0) is 31.4 Å². The number of pyridine rings is 1. The highest BCUT2D eigenvalue weighted by molar-refractivity contribution is 5.93. The summed E-state index contributed by atoms with van der Waals surface area (Å²) in [4.78, 5) is 54.3. The lowest BCUT2D eigenvalue weighted by atomic mass is 9.84. The fourth-order valence-corrected chi connectivity index (χ4v) is 3.88. The van der Waals surface area contributed by atoms with E-state index < -0.39 is 29.2 Å². The van der Waals surface area contributed by atoms with Crippen LogP contribution < -0.4 is 16.6 Å². The zero-order valence-electron chi connectivity index (χ0n) is 16.2. The summed E-state index contributed by atoms with van der Waals surface area (Å²) in [7, 11) is 0. The molecule has 0 bridgehead atoms. The molecule has 3 rings (SSSR count). The summed E-state index contributed by atoms with van der Waals surface area (Å²) in [6, 6.07) is 3.24. The maximum absolute atomic E-state index is 13.1. The van der Waals surface area contributed by atoms with Crippen LogP contribution in [0.2, 0.25) is 0 Å². The van der Waals surface area contributed by atoms with Crippen molar-refractivity contribution in [2.45, 2.75) is 51.5 Å². The fourth-order valence-electron chi connectivity index (χ4n) is 3.88. The number of carboxylic acids is 1. The number of H-pyrrole nitrogens is 1. The second-order valence-electron chi connectivity index (χ2n) is 7.43. The molecule has 0 spiro atoms. The number of aromatic amines is 1. The molecule has 3 N–H and O–H groups in total. The van der Waals surface area contributed by atoms with Gasteiger partial charge in [0.05, 0.1) is 5.56 Å². The van der Waals surface area contributed by atoms with Crippen molar-refractivity contribution in [3.8, 4) is 0 Å². The van der Waals surface area contributed by atoms with E-state index in [-0.39, 0.29) is 11.4 Å². The van der Waals surface area contributed by atoms with Crippen molar-refractivity contribution in [3.63, 3.8) is 0 Å². The monoisotopic (exact) mass is 400 g/mol. The average molecular weight is 400 g/mol. The van der Waals surface area contributed by atoms with Gasteiger partial charge in [0.15, 0.2) is 0 Å². The van der Waals surface area contributed by atoms with Crippen LogP contribution in [0.3, 0.4) is 0 Å². The molecule has 2 heterocycles. The van der Waals surface area contributed by atoms with E-state index in [4.69, 9.17) is 5.11 Å². The van der Waals surface area contributed by atoms with E-state index >= 15 is 0 Å². The Morgan fingerprint density at radius 2 is 2.00 bits per heavy atom. The number of aromatic nitrogens is 3. The molecular formula is C20H24N4O5. The number of rotatable bonds is 6. The Hall–Kier alpha value is -3.23. The third-order valence-corrected chi connectivity index (χ3v) is 5.33. The van der Waals surface area contributed by atoms with Crippen molar-refractivity contribution in [2.24, 2.45) is 5.92 Å². The molecule has 0 aromatic carbocycles. The molecular weight excluding hydrogens is 376 g/mol. The van der Waals surface area contributed by atoms with Crippen molar-refractivity contribution in [3.05, 3.63) is 56.5 Å². The van der Waals surface area contributed by atoms with E-state index in [0.717, 1.165) is 31.9 Å². The van der Waals surface area contributed by atoms with Gasteiger partial charge in [-0.15, -0.1) is 0 Å². The number of carbonyl (C=O) groups is 2. The number of aryl methyl sites for hydroxylation is 1. The number of amides is 1. The molecule has 2 aromatic rings. The number of hydrogen-bond acceptors (Lipinski definition) is 5. The molecule has 1 amide bonds.